The Bertz CT molecular complexity index is 416. The molecule has 1 aliphatic rings. The molecule has 1 fully saturated rings. The SMILES string of the molecule is CCC(C)C(=O)Nc1cccc(C2SCCS2)c1. The summed E-state index contributed by atoms with van der Waals surface area (Å²) in [5.41, 5.74) is 2.23. The third kappa shape index (κ3) is 3.45. The second-order valence-electron chi connectivity index (χ2n) is 4.50. The molecule has 0 radical (unpaired) electrons. The Labute approximate surface area is 117 Å². The molecule has 2 nitrogen and oxygen atoms in total. The first kappa shape index (κ1) is 13.8. The van der Waals surface area contributed by atoms with Crippen molar-refractivity contribution in [2.24, 2.45) is 5.92 Å². The van der Waals surface area contributed by atoms with Gasteiger partial charge in [0, 0.05) is 23.1 Å². The predicted octanol–water partition coefficient (Wildman–Crippen LogP) is 4.15. The molecule has 1 saturated heterocycles. The molecule has 2 rings (SSSR count). The van der Waals surface area contributed by atoms with Crippen LogP contribution < -0.4 is 5.32 Å². The average molecular weight is 281 g/mol. The Morgan fingerprint density at radius 3 is 2.83 bits per heavy atom. The number of nitrogens with one attached hydrogen (secondary N) is 1. The zero-order valence-corrected chi connectivity index (χ0v) is 12.4. The first-order valence-electron chi connectivity index (χ1n) is 6.34. The quantitative estimate of drug-likeness (QED) is 0.899. The van der Waals surface area contributed by atoms with E-state index in [-0.39, 0.29) is 11.8 Å². The molecule has 1 amide bonds. The van der Waals surface area contributed by atoms with Crippen molar-refractivity contribution in [1.29, 1.82) is 0 Å². The van der Waals surface area contributed by atoms with E-state index in [1.807, 2.05) is 49.5 Å². The van der Waals surface area contributed by atoms with Gasteiger partial charge < -0.3 is 5.32 Å². The maximum atomic E-state index is 11.9. The first-order chi connectivity index (χ1) is 8.70. The van der Waals surface area contributed by atoms with Crippen molar-refractivity contribution in [3.8, 4) is 0 Å². The number of hydrogen-bond acceptors (Lipinski definition) is 3. The van der Waals surface area contributed by atoms with Crippen molar-refractivity contribution in [2.45, 2.75) is 24.9 Å². The van der Waals surface area contributed by atoms with Crippen molar-refractivity contribution in [2.75, 3.05) is 16.8 Å². The highest BCUT2D eigenvalue weighted by molar-refractivity contribution is 8.19. The molecule has 98 valence electrons. The molecule has 1 aromatic rings. The Morgan fingerprint density at radius 2 is 2.17 bits per heavy atom. The van der Waals surface area contributed by atoms with Gasteiger partial charge in [0.2, 0.25) is 5.91 Å². The fourth-order valence-corrected chi connectivity index (χ4v) is 4.60. The van der Waals surface area contributed by atoms with Crippen LogP contribution in [0.2, 0.25) is 0 Å². The summed E-state index contributed by atoms with van der Waals surface area (Å²) in [5.74, 6) is 2.63. The number of thioether (sulfide) groups is 2. The van der Waals surface area contributed by atoms with Gasteiger partial charge in [-0.15, -0.1) is 23.5 Å². The Morgan fingerprint density at radius 1 is 1.44 bits per heavy atom. The lowest BCUT2D eigenvalue weighted by Crippen LogP contribution is -2.19. The van der Waals surface area contributed by atoms with Crippen LogP contribution in [0.5, 0.6) is 0 Å². The number of amides is 1. The van der Waals surface area contributed by atoms with E-state index in [9.17, 15) is 4.79 Å². The van der Waals surface area contributed by atoms with Gasteiger partial charge in [-0.25, -0.2) is 0 Å². The van der Waals surface area contributed by atoms with Gasteiger partial charge in [-0.3, -0.25) is 4.79 Å². The summed E-state index contributed by atoms with van der Waals surface area (Å²) in [7, 11) is 0. The molecule has 18 heavy (non-hydrogen) atoms. The topological polar surface area (TPSA) is 29.1 Å². The molecule has 1 aliphatic heterocycles. The van der Waals surface area contributed by atoms with Crippen LogP contribution in [0.3, 0.4) is 0 Å². The molecule has 4 heteroatoms. The minimum Gasteiger partial charge on any atom is -0.326 e. The maximum absolute atomic E-state index is 11.9. The fourth-order valence-electron chi connectivity index (χ4n) is 1.76. The highest BCUT2D eigenvalue weighted by atomic mass is 32.2. The third-order valence-corrected chi connectivity index (χ3v) is 6.21. The summed E-state index contributed by atoms with van der Waals surface area (Å²) in [6.07, 6.45) is 0.875. The van der Waals surface area contributed by atoms with Crippen LogP contribution in [0.1, 0.15) is 30.4 Å². The van der Waals surface area contributed by atoms with Crippen molar-refractivity contribution in [1.82, 2.24) is 0 Å². The maximum Gasteiger partial charge on any atom is 0.227 e. The van der Waals surface area contributed by atoms with Crippen LogP contribution in [0.4, 0.5) is 5.69 Å². The lowest BCUT2D eigenvalue weighted by molar-refractivity contribution is -0.119. The molecule has 0 bridgehead atoms. The van der Waals surface area contributed by atoms with E-state index in [4.69, 9.17) is 0 Å². The van der Waals surface area contributed by atoms with Crippen LogP contribution in [-0.4, -0.2) is 17.4 Å². The highest BCUT2D eigenvalue weighted by Crippen LogP contribution is 2.45. The second-order valence-corrected chi connectivity index (χ2v) is 7.22. The minimum absolute atomic E-state index is 0.0730. The van der Waals surface area contributed by atoms with Crippen LogP contribution in [-0.2, 0) is 4.79 Å². The summed E-state index contributed by atoms with van der Waals surface area (Å²) in [5, 5.41) is 3.00. The van der Waals surface area contributed by atoms with Gasteiger partial charge in [0.1, 0.15) is 0 Å². The molecule has 1 atom stereocenters. The van der Waals surface area contributed by atoms with Crippen LogP contribution in [0.25, 0.3) is 0 Å². The number of rotatable bonds is 4. The van der Waals surface area contributed by atoms with E-state index in [0.717, 1.165) is 12.1 Å². The van der Waals surface area contributed by atoms with Gasteiger partial charge in [0.25, 0.3) is 0 Å². The molecule has 1 aromatic carbocycles. The van der Waals surface area contributed by atoms with Crippen LogP contribution >= 0.6 is 23.5 Å². The van der Waals surface area contributed by atoms with Gasteiger partial charge in [0.15, 0.2) is 0 Å². The molecule has 0 aromatic heterocycles. The van der Waals surface area contributed by atoms with E-state index < -0.39 is 0 Å². The molecule has 1 unspecified atom stereocenters. The Balaban J connectivity index is 2.05. The van der Waals surface area contributed by atoms with Crippen molar-refractivity contribution >= 4 is 35.1 Å². The average Bonchev–Trinajstić information content (AvgIpc) is 2.92. The zero-order valence-electron chi connectivity index (χ0n) is 10.8. The first-order valence-corrected chi connectivity index (χ1v) is 8.44. The number of anilines is 1. The van der Waals surface area contributed by atoms with E-state index in [1.165, 1.54) is 17.1 Å². The number of carbonyl (C=O) groups is 1. The van der Waals surface area contributed by atoms with E-state index >= 15 is 0 Å². The standard InChI is InChI=1S/C14H19NOS2/c1-3-10(2)13(16)15-12-6-4-5-11(9-12)14-17-7-8-18-14/h4-6,9-10,14H,3,7-8H2,1-2H3,(H,15,16). The lowest BCUT2D eigenvalue weighted by atomic mass is 10.1. The summed E-state index contributed by atoms with van der Waals surface area (Å²) >= 11 is 3.97. The summed E-state index contributed by atoms with van der Waals surface area (Å²) < 4.78 is 0.533. The number of hydrogen-bond donors (Lipinski definition) is 1. The van der Waals surface area contributed by atoms with Crippen molar-refractivity contribution in [3.63, 3.8) is 0 Å². The molecule has 1 heterocycles. The van der Waals surface area contributed by atoms with Gasteiger partial charge in [-0.1, -0.05) is 26.0 Å². The largest absolute Gasteiger partial charge is 0.326 e. The Kier molecular flexibility index (Phi) is 5.01. The lowest BCUT2D eigenvalue weighted by Gasteiger charge is -2.13. The normalized spacial score (nSPS) is 17.7. The van der Waals surface area contributed by atoms with Gasteiger partial charge in [-0.05, 0) is 24.1 Å². The van der Waals surface area contributed by atoms with Gasteiger partial charge >= 0.3 is 0 Å². The number of benzene rings is 1. The molecule has 0 saturated carbocycles. The zero-order chi connectivity index (χ0) is 13.0. The summed E-state index contributed by atoms with van der Waals surface area (Å²) in [6.45, 7) is 3.99. The van der Waals surface area contributed by atoms with Crippen LogP contribution in [0, 0.1) is 5.92 Å². The minimum atomic E-state index is 0.0730. The second kappa shape index (κ2) is 6.53. The van der Waals surface area contributed by atoms with Gasteiger partial charge in [0.05, 0.1) is 4.58 Å². The van der Waals surface area contributed by atoms with Crippen molar-refractivity contribution < 1.29 is 4.79 Å². The molecular formula is C14H19NOS2. The third-order valence-electron chi connectivity index (χ3n) is 3.11. The van der Waals surface area contributed by atoms with Crippen LogP contribution in [0.15, 0.2) is 24.3 Å². The molecular weight excluding hydrogens is 262 g/mol. The smallest absolute Gasteiger partial charge is 0.227 e. The molecule has 1 N–H and O–H groups in total. The van der Waals surface area contributed by atoms with E-state index in [1.54, 1.807) is 0 Å². The number of carbonyl (C=O) groups excluding carboxylic acids is 1. The summed E-state index contributed by atoms with van der Waals surface area (Å²) in [4.78, 5) is 11.9. The van der Waals surface area contributed by atoms with E-state index in [0.29, 0.717) is 4.58 Å². The monoisotopic (exact) mass is 281 g/mol. The molecule has 0 spiro atoms. The van der Waals surface area contributed by atoms with Crippen molar-refractivity contribution in [3.05, 3.63) is 29.8 Å². The Hall–Kier alpha value is -0.610. The van der Waals surface area contributed by atoms with E-state index in [2.05, 4.69) is 17.4 Å². The highest BCUT2D eigenvalue weighted by Gasteiger charge is 2.18. The fraction of sp³-hybridized carbons (Fsp3) is 0.500. The summed E-state index contributed by atoms with van der Waals surface area (Å²) in [6, 6.07) is 8.25. The molecule has 0 aliphatic carbocycles. The predicted molar refractivity (Wildman–Crippen MR) is 82.2 cm³/mol. The van der Waals surface area contributed by atoms with Gasteiger partial charge in [-0.2, -0.15) is 0 Å².